The van der Waals surface area contributed by atoms with Crippen LogP contribution in [0, 0.1) is 0 Å². The maximum atomic E-state index is 12.4. The molecule has 1 heterocycles. The summed E-state index contributed by atoms with van der Waals surface area (Å²) in [5, 5.41) is 10.7. The van der Waals surface area contributed by atoms with Crippen molar-refractivity contribution in [1.82, 2.24) is 15.0 Å². The molecule has 0 saturated heterocycles. The largest absolute Gasteiger partial charge is 0.491 e. The Hall–Kier alpha value is -2.45. The number of hydrogen-bond acceptors (Lipinski definition) is 6. The van der Waals surface area contributed by atoms with Crippen LogP contribution in [0.2, 0.25) is 0 Å². The molecule has 0 radical (unpaired) electrons. The molecule has 1 N–H and O–H groups in total. The van der Waals surface area contributed by atoms with Crippen LogP contribution in [0.5, 0.6) is 5.75 Å². The number of carbonyl (C=O) groups excluding carboxylic acids is 1. The van der Waals surface area contributed by atoms with Crippen molar-refractivity contribution in [3.63, 3.8) is 0 Å². The standard InChI is InChI=1S/C19H28N4O4/c1-5-14(4)27-16-10-8-9-15(11-16)20-19(24)17-12-23(22-21-17)13-18(25-6-2)26-7-3/h8-12,14,18H,5-7,13H2,1-4H3,(H,20,24)/t14-/m1/s1. The first-order valence-electron chi connectivity index (χ1n) is 9.27. The first-order chi connectivity index (χ1) is 13.0. The van der Waals surface area contributed by atoms with Crippen LogP contribution in [-0.4, -0.2) is 46.5 Å². The Morgan fingerprint density at radius 1 is 1.22 bits per heavy atom. The monoisotopic (exact) mass is 376 g/mol. The number of anilines is 1. The second-order valence-electron chi connectivity index (χ2n) is 5.98. The third-order valence-corrected chi connectivity index (χ3v) is 3.82. The molecule has 2 aromatic rings. The normalized spacial score (nSPS) is 12.2. The molecule has 1 aromatic carbocycles. The van der Waals surface area contributed by atoms with Crippen molar-refractivity contribution in [2.24, 2.45) is 0 Å². The molecule has 8 nitrogen and oxygen atoms in total. The number of benzene rings is 1. The molecule has 1 amide bonds. The van der Waals surface area contributed by atoms with Crippen LogP contribution in [0.4, 0.5) is 5.69 Å². The van der Waals surface area contributed by atoms with Crippen LogP contribution in [0.3, 0.4) is 0 Å². The van der Waals surface area contributed by atoms with Gasteiger partial charge in [-0.1, -0.05) is 18.2 Å². The van der Waals surface area contributed by atoms with E-state index in [4.69, 9.17) is 14.2 Å². The molecule has 0 aliphatic carbocycles. The molecule has 1 aromatic heterocycles. The fourth-order valence-electron chi connectivity index (χ4n) is 2.33. The van der Waals surface area contributed by atoms with Gasteiger partial charge in [0, 0.05) is 25.0 Å². The van der Waals surface area contributed by atoms with Crippen molar-refractivity contribution >= 4 is 11.6 Å². The van der Waals surface area contributed by atoms with E-state index in [1.165, 1.54) is 4.68 Å². The minimum Gasteiger partial charge on any atom is -0.491 e. The van der Waals surface area contributed by atoms with Gasteiger partial charge in [-0.15, -0.1) is 5.10 Å². The van der Waals surface area contributed by atoms with Gasteiger partial charge in [-0.2, -0.15) is 0 Å². The van der Waals surface area contributed by atoms with E-state index in [1.54, 1.807) is 18.3 Å². The molecule has 2 rings (SSSR count). The molecule has 0 fully saturated rings. The van der Waals surface area contributed by atoms with Gasteiger partial charge in [-0.25, -0.2) is 4.68 Å². The zero-order chi connectivity index (χ0) is 19.6. The van der Waals surface area contributed by atoms with Gasteiger partial charge in [0.2, 0.25) is 0 Å². The summed E-state index contributed by atoms with van der Waals surface area (Å²) in [6.07, 6.45) is 2.16. The molecule has 1 atom stereocenters. The summed E-state index contributed by atoms with van der Waals surface area (Å²) in [5.74, 6) is 0.369. The van der Waals surface area contributed by atoms with Crippen molar-refractivity contribution in [3.05, 3.63) is 36.2 Å². The first-order valence-corrected chi connectivity index (χ1v) is 9.27. The van der Waals surface area contributed by atoms with E-state index in [9.17, 15) is 4.79 Å². The lowest BCUT2D eigenvalue weighted by atomic mass is 10.2. The Balaban J connectivity index is 1.98. The first kappa shape index (κ1) is 20.9. The van der Waals surface area contributed by atoms with E-state index in [1.807, 2.05) is 32.9 Å². The lowest BCUT2D eigenvalue weighted by Crippen LogP contribution is -2.24. The van der Waals surface area contributed by atoms with E-state index >= 15 is 0 Å². The van der Waals surface area contributed by atoms with Crippen LogP contribution in [0.1, 0.15) is 44.6 Å². The van der Waals surface area contributed by atoms with Gasteiger partial charge >= 0.3 is 0 Å². The third kappa shape index (κ3) is 6.65. The Morgan fingerprint density at radius 2 is 1.96 bits per heavy atom. The molecule has 8 heteroatoms. The van der Waals surface area contributed by atoms with Gasteiger partial charge in [-0.3, -0.25) is 4.79 Å². The van der Waals surface area contributed by atoms with Crippen LogP contribution in [0.25, 0.3) is 0 Å². The van der Waals surface area contributed by atoms with Gasteiger partial charge in [0.25, 0.3) is 5.91 Å². The molecular formula is C19H28N4O4. The molecule has 0 bridgehead atoms. The second kappa shape index (κ2) is 10.6. The van der Waals surface area contributed by atoms with Gasteiger partial charge in [0.05, 0.1) is 18.8 Å². The van der Waals surface area contributed by atoms with Crippen LogP contribution >= 0.6 is 0 Å². The lowest BCUT2D eigenvalue weighted by molar-refractivity contribution is -0.145. The van der Waals surface area contributed by atoms with Crippen LogP contribution < -0.4 is 10.1 Å². The minimum absolute atomic E-state index is 0.111. The zero-order valence-electron chi connectivity index (χ0n) is 16.3. The van der Waals surface area contributed by atoms with Gasteiger partial charge < -0.3 is 19.5 Å². The Labute approximate surface area is 159 Å². The summed E-state index contributed by atoms with van der Waals surface area (Å²) in [6, 6.07) is 7.28. The predicted molar refractivity (Wildman–Crippen MR) is 102 cm³/mol. The average molecular weight is 376 g/mol. The summed E-state index contributed by atoms with van der Waals surface area (Å²) in [5.41, 5.74) is 0.854. The topological polar surface area (TPSA) is 87.5 Å². The molecule has 0 saturated carbocycles. The number of nitrogens with one attached hydrogen (secondary N) is 1. The number of hydrogen-bond donors (Lipinski definition) is 1. The van der Waals surface area contributed by atoms with Gasteiger partial charge in [0.15, 0.2) is 12.0 Å². The number of aromatic nitrogens is 3. The quantitative estimate of drug-likeness (QED) is 0.606. The molecule has 0 unspecified atom stereocenters. The van der Waals surface area contributed by atoms with Gasteiger partial charge in [0.1, 0.15) is 5.75 Å². The number of rotatable bonds is 11. The maximum Gasteiger partial charge on any atom is 0.277 e. The van der Waals surface area contributed by atoms with Gasteiger partial charge in [-0.05, 0) is 39.3 Å². The zero-order valence-corrected chi connectivity index (χ0v) is 16.3. The average Bonchev–Trinajstić information content (AvgIpc) is 3.11. The van der Waals surface area contributed by atoms with Crippen molar-refractivity contribution < 1.29 is 19.0 Å². The molecule has 0 spiro atoms. The highest BCUT2D eigenvalue weighted by Gasteiger charge is 2.15. The van der Waals surface area contributed by atoms with Crippen molar-refractivity contribution in [2.75, 3.05) is 18.5 Å². The highest BCUT2D eigenvalue weighted by Crippen LogP contribution is 2.19. The van der Waals surface area contributed by atoms with E-state index in [2.05, 4.69) is 22.6 Å². The molecule has 27 heavy (non-hydrogen) atoms. The Kier molecular flexibility index (Phi) is 8.22. The summed E-state index contributed by atoms with van der Waals surface area (Å²) in [4.78, 5) is 12.4. The van der Waals surface area contributed by atoms with Crippen molar-refractivity contribution in [3.8, 4) is 5.75 Å². The number of ether oxygens (including phenoxy) is 3. The fourth-order valence-corrected chi connectivity index (χ4v) is 2.33. The summed E-state index contributed by atoms with van der Waals surface area (Å²) in [6.45, 7) is 9.27. The second-order valence-corrected chi connectivity index (χ2v) is 5.98. The van der Waals surface area contributed by atoms with Crippen molar-refractivity contribution in [1.29, 1.82) is 0 Å². The summed E-state index contributed by atoms with van der Waals surface area (Å²) >= 11 is 0. The van der Waals surface area contributed by atoms with E-state index < -0.39 is 6.29 Å². The fraction of sp³-hybridized carbons (Fsp3) is 0.526. The molecule has 0 aliphatic rings. The molecule has 0 aliphatic heterocycles. The highest BCUT2D eigenvalue weighted by molar-refractivity contribution is 6.02. The lowest BCUT2D eigenvalue weighted by Gasteiger charge is -2.16. The van der Waals surface area contributed by atoms with E-state index in [-0.39, 0.29) is 17.7 Å². The maximum absolute atomic E-state index is 12.4. The Morgan fingerprint density at radius 3 is 2.63 bits per heavy atom. The van der Waals surface area contributed by atoms with Crippen LogP contribution in [0.15, 0.2) is 30.5 Å². The number of nitrogens with zero attached hydrogens (tertiary/aromatic N) is 3. The highest BCUT2D eigenvalue weighted by atomic mass is 16.7. The molecular weight excluding hydrogens is 348 g/mol. The van der Waals surface area contributed by atoms with Crippen molar-refractivity contribution in [2.45, 2.75) is 53.1 Å². The van der Waals surface area contributed by atoms with Crippen LogP contribution in [-0.2, 0) is 16.0 Å². The summed E-state index contributed by atoms with van der Waals surface area (Å²) in [7, 11) is 0. The SMILES string of the molecule is CCOC(Cn1cc(C(=O)Nc2cccc(O[C@H](C)CC)c2)nn1)OCC. The molecule has 148 valence electrons. The minimum atomic E-state index is -0.424. The predicted octanol–water partition coefficient (Wildman–Crippen LogP) is 3.11. The summed E-state index contributed by atoms with van der Waals surface area (Å²) < 4.78 is 18.3. The number of carbonyl (C=O) groups is 1. The van der Waals surface area contributed by atoms with E-state index in [0.717, 1.165) is 6.42 Å². The third-order valence-electron chi connectivity index (χ3n) is 3.82. The smallest absolute Gasteiger partial charge is 0.277 e. The Bertz CT molecular complexity index is 713. The number of amides is 1. The van der Waals surface area contributed by atoms with E-state index in [0.29, 0.717) is 31.2 Å².